The van der Waals surface area contributed by atoms with Gasteiger partial charge in [-0.2, -0.15) is 0 Å². The monoisotopic (exact) mass is 522 g/mol. The van der Waals surface area contributed by atoms with Crippen LogP contribution in [0.5, 0.6) is 0 Å². The molecule has 2 saturated heterocycles. The van der Waals surface area contributed by atoms with Crippen LogP contribution in [0.15, 0.2) is 34.2 Å². The number of aliphatic carboxylic acids is 1. The lowest BCUT2D eigenvalue weighted by Gasteiger charge is -2.53. The number of fused-ring (bicyclic) bond motifs is 3. The molecule has 8 nitrogen and oxygen atoms in total. The van der Waals surface area contributed by atoms with Gasteiger partial charge in [0.2, 0.25) is 0 Å². The molecule has 0 spiro atoms. The number of piperidine rings is 2. The smallest absolute Gasteiger partial charge is 0.303 e. The van der Waals surface area contributed by atoms with E-state index in [1.807, 2.05) is 28.8 Å². The fourth-order valence-corrected chi connectivity index (χ4v) is 7.35. The average molecular weight is 523 g/mol. The Morgan fingerprint density at radius 2 is 1.55 bits per heavy atom. The molecular formula is C30H42N4O4. The maximum absolute atomic E-state index is 14.1. The van der Waals surface area contributed by atoms with Crippen molar-refractivity contribution in [2.45, 2.75) is 120 Å². The standard InChI is InChI=1S/C30H42N4O4/c1-38-32-26(17-18-28(35)36)29-30(37)34(27-16-9-8-15-25(27)31-29)24-19-22-13-10-14-23(20-24)33(22)21-11-6-4-2-3-5-7-12-21/h8-9,15-16,21-24H,2-7,10-14,17-20H2,1H3,(H,35,36)/b32-26+/t22-,23+,24?. The second-order valence-electron chi connectivity index (χ2n) is 11.4. The highest BCUT2D eigenvalue weighted by Crippen LogP contribution is 2.42. The van der Waals surface area contributed by atoms with Crippen LogP contribution < -0.4 is 5.56 Å². The second-order valence-corrected chi connectivity index (χ2v) is 11.4. The molecule has 3 aliphatic rings. The van der Waals surface area contributed by atoms with Gasteiger partial charge in [0.25, 0.3) is 5.56 Å². The van der Waals surface area contributed by atoms with Crippen molar-refractivity contribution in [3.63, 3.8) is 0 Å². The van der Waals surface area contributed by atoms with Gasteiger partial charge in [-0.15, -0.1) is 0 Å². The minimum atomic E-state index is -0.944. The summed E-state index contributed by atoms with van der Waals surface area (Å²) in [5.41, 5.74) is 1.88. The molecule has 1 N–H and O–H groups in total. The van der Waals surface area contributed by atoms with Crippen molar-refractivity contribution >= 4 is 22.7 Å². The predicted octanol–water partition coefficient (Wildman–Crippen LogP) is 5.67. The van der Waals surface area contributed by atoms with E-state index in [0.717, 1.165) is 23.9 Å². The Hall–Kier alpha value is -2.74. The van der Waals surface area contributed by atoms with Crippen LogP contribution in [0.25, 0.3) is 11.0 Å². The van der Waals surface area contributed by atoms with Gasteiger partial charge in [-0.05, 0) is 50.7 Å². The lowest BCUT2D eigenvalue weighted by atomic mass is 9.79. The number of benzene rings is 1. The molecule has 3 atom stereocenters. The zero-order valence-electron chi connectivity index (χ0n) is 22.7. The molecule has 1 aromatic heterocycles. The Morgan fingerprint density at radius 3 is 2.21 bits per heavy atom. The van der Waals surface area contributed by atoms with Gasteiger partial charge in [0.05, 0.1) is 17.5 Å². The van der Waals surface area contributed by atoms with Gasteiger partial charge >= 0.3 is 5.97 Å². The molecule has 3 heterocycles. The van der Waals surface area contributed by atoms with Crippen LogP contribution >= 0.6 is 0 Å². The van der Waals surface area contributed by atoms with E-state index in [-0.39, 0.29) is 30.1 Å². The molecule has 5 rings (SSSR count). The van der Waals surface area contributed by atoms with E-state index in [1.54, 1.807) is 0 Å². The second kappa shape index (κ2) is 12.4. The number of rotatable bonds is 7. The van der Waals surface area contributed by atoms with E-state index in [0.29, 0.717) is 23.8 Å². The predicted molar refractivity (Wildman–Crippen MR) is 149 cm³/mol. The first-order valence-corrected chi connectivity index (χ1v) is 14.7. The molecule has 2 aliphatic heterocycles. The van der Waals surface area contributed by atoms with Crippen molar-refractivity contribution in [2.24, 2.45) is 5.16 Å². The fraction of sp³-hybridized carbons (Fsp3) is 0.667. The van der Waals surface area contributed by atoms with Gasteiger partial charge in [-0.1, -0.05) is 62.2 Å². The van der Waals surface area contributed by atoms with E-state index in [9.17, 15) is 14.7 Å². The largest absolute Gasteiger partial charge is 0.481 e. The molecule has 0 radical (unpaired) electrons. The third-order valence-electron chi connectivity index (χ3n) is 8.96. The number of hydrogen-bond donors (Lipinski definition) is 1. The molecule has 38 heavy (non-hydrogen) atoms. The minimum absolute atomic E-state index is 0.0836. The maximum Gasteiger partial charge on any atom is 0.303 e. The van der Waals surface area contributed by atoms with Gasteiger partial charge in [0, 0.05) is 30.6 Å². The van der Waals surface area contributed by atoms with Gasteiger partial charge < -0.3 is 14.5 Å². The number of nitrogens with zero attached hydrogens (tertiary/aromatic N) is 4. The van der Waals surface area contributed by atoms with Gasteiger partial charge in [0.15, 0.2) is 5.69 Å². The summed E-state index contributed by atoms with van der Waals surface area (Å²) in [6.07, 6.45) is 16.3. The number of carboxylic acids is 1. The normalized spacial score (nSPS) is 25.9. The first-order chi connectivity index (χ1) is 18.6. The summed E-state index contributed by atoms with van der Waals surface area (Å²) in [6, 6.07) is 9.54. The topological polar surface area (TPSA) is 97.0 Å². The number of carbonyl (C=O) groups is 1. The molecule has 1 saturated carbocycles. The highest BCUT2D eigenvalue weighted by Gasteiger charge is 2.42. The Balaban J connectivity index is 1.50. The summed E-state index contributed by atoms with van der Waals surface area (Å²) in [6.45, 7) is 0. The van der Waals surface area contributed by atoms with Crippen LogP contribution in [0.2, 0.25) is 0 Å². The van der Waals surface area contributed by atoms with Crippen LogP contribution in [0.1, 0.15) is 108 Å². The first kappa shape index (κ1) is 26.9. The summed E-state index contributed by atoms with van der Waals surface area (Å²) in [5, 5.41) is 13.3. The molecule has 8 heteroatoms. The number of para-hydroxylation sites is 2. The van der Waals surface area contributed by atoms with Crippen molar-refractivity contribution in [3.8, 4) is 0 Å². The van der Waals surface area contributed by atoms with Crippen LogP contribution in [0, 0.1) is 0 Å². The molecule has 3 fully saturated rings. The van der Waals surface area contributed by atoms with E-state index >= 15 is 0 Å². The molecule has 1 aliphatic carbocycles. The zero-order chi connectivity index (χ0) is 26.5. The summed E-state index contributed by atoms with van der Waals surface area (Å²) < 4.78 is 1.95. The number of hydrogen-bond acceptors (Lipinski definition) is 6. The SMILES string of the molecule is CO/N=C(\CCC(=O)O)c1nc2ccccc2n(C2C[C@H]3CCC[C@@H](C2)N3C2CCCCCCCC2)c1=O. The molecule has 0 amide bonds. The van der Waals surface area contributed by atoms with E-state index in [4.69, 9.17) is 4.84 Å². The van der Waals surface area contributed by atoms with E-state index in [1.165, 1.54) is 77.7 Å². The quantitative estimate of drug-likeness (QED) is 0.372. The van der Waals surface area contributed by atoms with Crippen molar-refractivity contribution in [1.82, 2.24) is 14.5 Å². The Bertz CT molecular complexity index is 1180. The van der Waals surface area contributed by atoms with Crippen molar-refractivity contribution < 1.29 is 14.7 Å². The van der Waals surface area contributed by atoms with Crippen LogP contribution in [-0.2, 0) is 9.63 Å². The summed E-state index contributed by atoms with van der Waals surface area (Å²) >= 11 is 0. The Labute approximate surface area is 225 Å². The Morgan fingerprint density at radius 1 is 0.921 bits per heavy atom. The summed E-state index contributed by atoms with van der Waals surface area (Å²) in [5.74, 6) is -0.944. The van der Waals surface area contributed by atoms with Crippen LogP contribution in [0.3, 0.4) is 0 Å². The van der Waals surface area contributed by atoms with E-state index < -0.39 is 5.97 Å². The first-order valence-electron chi connectivity index (χ1n) is 14.7. The molecular weight excluding hydrogens is 480 g/mol. The highest BCUT2D eigenvalue weighted by molar-refractivity contribution is 6.00. The van der Waals surface area contributed by atoms with Gasteiger partial charge in [-0.25, -0.2) is 4.98 Å². The lowest BCUT2D eigenvalue weighted by molar-refractivity contribution is -0.136. The Kier molecular flexibility index (Phi) is 8.77. The van der Waals surface area contributed by atoms with Crippen molar-refractivity contribution in [1.29, 1.82) is 0 Å². The van der Waals surface area contributed by atoms with Crippen molar-refractivity contribution in [2.75, 3.05) is 7.11 Å². The number of carboxylic acid groups (broad SMARTS) is 1. The molecule has 206 valence electrons. The van der Waals surface area contributed by atoms with E-state index in [2.05, 4.69) is 15.0 Å². The van der Waals surface area contributed by atoms with Crippen LogP contribution in [0.4, 0.5) is 0 Å². The van der Waals surface area contributed by atoms with Crippen molar-refractivity contribution in [3.05, 3.63) is 40.3 Å². The number of oxime groups is 1. The minimum Gasteiger partial charge on any atom is -0.481 e. The molecule has 2 aromatic rings. The maximum atomic E-state index is 14.1. The van der Waals surface area contributed by atoms with Crippen LogP contribution in [-0.4, -0.2) is 56.5 Å². The molecule has 1 aromatic carbocycles. The number of aromatic nitrogens is 2. The molecule has 2 bridgehead atoms. The highest BCUT2D eigenvalue weighted by atomic mass is 16.6. The molecule has 1 unspecified atom stereocenters. The zero-order valence-corrected chi connectivity index (χ0v) is 22.7. The average Bonchev–Trinajstić information content (AvgIpc) is 3.04. The summed E-state index contributed by atoms with van der Waals surface area (Å²) in [4.78, 5) is 37.9. The van der Waals surface area contributed by atoms with Gasteiger partial charge in [0.1, 0.15) is 12.8 Å². The fourth-order valence-electron chi connectivity index (χ4n) is 7.35. The lowest BCUT2D eigenvalue weighted by Crippen LogP contribution is -2.57. The third-order valence-corrected chi connectivity index (χ3v) is 8.96. The summed E-state index contributed by atoms with van der Waals surface area (Å²) in [7, 11) is 1.41. The third kappa shape index (κ3) is 5.80. The van der Waals surface area contributed by atoms with Gasteiger partial charge in [-0.3, -0.25) is 14.5 Å².